The predicted octanol–water partition coefficient (Wildman–Crippen LogP) is 0.588. The Morgan fingerprint density at radius 1 is 1.19 bits per heavy atom. The van der Waals surface area contributed by atoms with Crippen LogP contribution < -0.4 is 15.1 Å². The van der Waals surface area contributed by atoms with Gasteiger partial charge in [0.05, 0.1) is 0 Å². The van der Waals surface area contributed by atoms with Gasteiger partial charge in [0.1, 0.15) is 18.0 Å². The highest BCUT2D eigenvalue weighted by Gasteiger charge is 2.04. The Hall–Kier alpha value is -1.36. The molecule has 0 atom stereocenters. The van der Waals surface area contributed by atoms with E-state index in [0.29, 0.717) is 0 Å². The van der Waals surface area contributed by atoms with E-state index >= 15 is 0 Å². The molecule has 0 aliphatic rings. The summed E-state index contributed by atoms with van der Waals surface area (Å²) in [6.07, 6.45) is 2.72. The van der Waals surface area contributed by atoms with E-state index in [2.05, 4.69) is 27.2 Å². The Kier molecular flexibility index (Phi) is 4.98. The van der Waals surface area contributed by atoms with Crippen molar-refractivity contribution in [3.63, 3.8) is 0 Å². The van der Waals surface area contributed by atoms with E-state index in [-0.39, 0.29) is 0 Å². The second-order valence-electron chi connectivity index (χ2n) is 4.01. The van der Waals surface area contributed by atoms with Crippen molar-refractivity contribution >= 4 is 11.6 Å². The summed E-state index contributed by atoms with van der Waals surface area (Å²) in [6, 6.07) is 2.00. The SMILES string of the molecule is CNCCCN(C)c1cc(N(C)C)ncn1. The zero-order chi connectivity index (χ0) is 12.0. The summed E-state index contributed by atoms with van der Waals surface area (Å²) in [6.45, 7) is 2.01. The van der Waals surface area contributed by atoms with Crippen LogP contribution in [0, 0.1) is 0 Å². The molecule has 0 aliphatic heterocycles. The molecule has 0 aliphatic carbocycles. The average Bonchev–Trinajstić information content (AvgIpc) is 2.29. The van der Waals surface area contributed by atoms with Crippen LogP contribution in [0.3, 0.4) is 0 Å². The van der Waals surface area contributed by atoms with Gasteiger partial charge in [-0.05, 0) is 20.0 Å². The van der Waals surface area contributed by atoms with Gasteiger partial charge in [-0.15, -0.1) is 0 Å². The standard InChI is InChI=1S/C11H21N5/c1-12-6-5-7-16(4)11-8-10(15(2)3)13-9-14-11/h8-9,12H,5-7H2,1-4H3. The van der Waals surface area contributed by atoms with Gasteiger partial charge in [0, 0.05) is 33.8 Å². The number of nitrogens with one attached hydrogen (secondary N) is 1. The number of hydrogen-bond acceptors (Lipinski definition) is 5. The first kappa shape index (κ1) is 12.7. The third kappa shape index (κ3) is 3.66. The van der Waals surface area contributed by atoms with Crippen molar-refractivity contribution in [1.29, 1.82) is 0 Å². The fraction of sp³-hybridized carbons (Fsp3) is 0.636. The molecule has 1 aromatic heterocycles. The molecular formula is C11H21N5. The average molecular weight is 223 g/mol. The third-order valence-corrected chi connectivity index (χ3v) is 2.41. The number of hydrogen-bond donors (Lipinski definition) is 1. The minimum absolute atomic E-state index is 0.936. The molecule has 90 valence electrons. The van der Waals surface area contributed by atoms with Crippen molar-refractivity contribution in [3.8, 4) is 0 Å². The lowest BCUT2D eigenvalue weighted by Gasteiger charge is -2.19. The molecule has 0 saturated heterocycles. The van der Waals surface area contributed by atoms with Crippen LogP contribution in [0.4, 0.5) is 11.6 Å². The van der Waals surface area contributed by atoms with Crippen LogP contribution in [-0.2, 0) is 0 Å². The van der Waals surface area contributed by atoms with Crippen LogP contribution in [0.5, 0.6) is 0 Å². The molecule has 1 N–H and O–H groups in total. The van der Waals surface area contributed by atoms with E-state index < -0.39 is 0 Å². The van der Waals surface area contributed by atoms with E-state index in [4.69, 9.17) is 0 Å². The van der Waals surface area contributed by atoms with Gasteiger partial charge in [0.2, 0.25) is 0 Å². The maximum Gasteiger partial charge on any atom is 0.133 e. The number of aromatic nitrogens is 2. The number of nitrogens with zero attached hydrogens (tertiary/aromatic N) is 4. The van der Waals surface area contributed by atoms with Crippen molar-refractivity contribution in [3.05, 3.63) is 12.4 Å². The lowest BCUT2D eigenvalue weighted by atomic mass is 10.3. The second-order valence-corrected chi connectivity index (χ2v) is 4.01. The van der Waals surface area contributed by atoms with Crippen molar-refractivity contribution in [2.45, 2.75) is 6.42 Å². The Labute approximate surface area is 97.5 Å². The van der Waals surface area contributed by atoms with Gasteiger partial charge in [0.15, 0.2) is 0 Å². The highest BCUT2D eigenvalue weighted by atomic mass is 15.2. The molecule has 0 aromatic carbocycles. The van der Waals surface area contributed by atoms with Gasteiger partial charge in [-0.1, -0.05) is 0 Å². The smallest absolute Gasteiger partial charge is 0.133 e. The summed E-state index contributed by atoms with van der Waals surface area (Å²) in [4.78, 5) is 12.6. The zero-order valence-corrected chi connectivity index (χ0v) is 10.6. The van der Waals surface area contributed by atoms with Gasteiger partial charge in [-0.25, -0.2) is 9.97 Å². The van der Waals surface area contributed by atoms with Crippen molar-refractivity contribution in [2.24, 2.45) is 0 Å². The molecule has 1 aromatic rings. The maximum atomic E-state index is 4.27. The maximum absolute atomic E-state index is 4.27. The summed E-state index contributed by atoms with van der Waals surface area (Å²) in [7, 11) is 7.98. The van der Waals surface area contributed by atoms with Crippen LogP contribution in [-0.4, -0.2) is 51.2 Å². The Bertz CT molecular complexity index is 313. The third-order valence-electron chi connectivity index (χ3n) is 2.41. The molecule has 0 fully saturated rings. The van der Waals surface area contributed by atoms with Gasteiger partial charge < -0.3 is 15.1 Å². The molecular weight excluding hydrogens is 202 g/mol. The monoisotopic (exact) mass is 223 g/mol. The first-order valence-electron chi connectivity index (χ1n) is 5.50. The van der Waals surface area contributed by atoms with Gasteiger partial charge in [-0.2, -0.15) is 0 Å². The van der Waals surface area contributed by atoms with E-state index in [0.717, 1.165) is 31.1 Å². The molecule has 0 saturated carbocycles. The molecule has 0 amide bonds. The van der Waals surface area contributed by atoms with Crippen LogP contribution in [0.2, 0.25) is 0 Å². The fourth-order valence-electron chi connectivity index (χ4n) is 1.40. The first-order chi connectivity index (χ1) is 7.65. The molecule has 0 radical (unpaired) electrons. The van der Waals surface area contributed by atoms with Gasteiger partial charge in [-0.3, -0.25) is 0 Å². The largest absolute Gasteiger partial charge is 0.363 e. The van der Waals surface area contributed by atoms with Crippen LogP contribution in [0.25, 0.3) is 0 Å². The topological polar surface area (TPSA) is 44.3 Å². The lowest BCUT2D eigenvalue weighted by molar-refractivity contribution is 0.708. The highest BCUT2D eigenvalue weighted by molar-refractivity contribution is 5.48. The van der Waals surface area contributed by atoms with Gasteiger partial charge >= 0.3 is 0 Å². The van der Waals surface area contributed by atoms with Gasteiger partial charge in [0.25, 0.3) is 0 Å². The molecule has 16 heavy (non-hydrogen) atoms. The second kappa shape index (κ2) is 6.27. The normalized spacial score (nSPS) is 10.2. The molecule has 5 nitrogen and oxygen atoms in total. The molecule has 1 rings (SSSR count). The fourth-order valence-corrected chi connectivity index (χ4v) is 1.40. The van der Waals surface area contributed by atoms with Crippen LogP contribution in [0.1, 0.15) is 6.42 Å². The van der Waals surface area contributed by atoms with E-state index in [1.807, 2.05) is 32.1 Å². The number of rotatable bonds is 6. The summed E-state index contributed by atoms with van der Waals surface area (Å²) in [5.41, 5.74) is 0. The predicted molar refractivity (Wildman–Crippen MR) is 68.2 cm³/mol. The van der Waals surface area contributed by atoms with Crippen LogP contribution >= 0.6 is 0 Å². The van der Waals surface area contributed by atoms with Crippen molar-refractivity contribution in [1.82, 2.24) is 15.3 Å². The van der Waals surface area contributed by atoms with E-state index in [1.165, 1.54) is 0 Å². The van der Waals surface area contributed by atoms with Crippen LogP contribution in [0.15, 0.2) is 12.4 Å². The van der Waals surface area contributed by atoms with Crippen molar-refractivity contribution in [2.75, 3.05) is 51.1 Å². The molecule has 0 bridgehead atoms. The summed E-state index contributed by atoms with van der Waals surface area (Å²) >= 11 is 0. The Balaban J connectivity index is 2.60. The lowest BCUT2D eigenvalue weighted by Crippen LogP contribution is -2.23. The Morgan fingerprint density at radius 3 is 2.50 bits per heavy atom. The quantitative estimate of drug-likeness (QED) is 0.715. The highest BCUT2D eigenvalue weighted by Crippen LogP contribution is 2.14. The van der Waals surface area contributed by atoms with E-state index in [1.54, 1.807) is 6.33 Å². The molecule has 1 heterocycles. The minimum Gasteiger partial charge on any atom is -0.363 e. The summed E-state index contributed by atoms with van der Waals surface area (Å²) in [5, 5.41) is 3.14. The zero-order valence-electron chi connectivity index (χ0n) is 10.6. The number of anilines is 2. The van der Waals surface area contributed by atoms with Crippen molar-refractivity contribution < 1.29 is 0 Å². The Morgan fingerprint density at radius 2 is 1.88 bits per heavy atom. The van der Waals surface area contributed by atoms with E-state index in [9.17, 15) is 0 Å². The molecule has 0 unspecified atom stereocenters. The minimum atomic E-state index is 0.936. The summed E-state index contributed by atoms with van der Waals surface area (Å²) in [5.74, 6) is 1.90. The summed E-state index contributed by atoms with van der Waals surface area (Å²) < 4.78 is 0. The molecule has 5 heteroatoms. The molecule has 0 spiro atoms. The first-order valence-corrected chi connectivity index (χ1v) is 5.50.